The van der Waals surface area contributed by atoms with E-state index in [1.54, 1.807) is 6.92 Å². The van der Waals surface area contributed by atoms with E-state index in [9.17, 15) is 9.59 Å². The van der Waals surface area contributed by atoms with Gasteiger partial charge in [-0.2, -0.15) is 0 Å². The smallest absolute Gasteiger partial charge is 0.319 e. The summed E-state index contributed by atoms with van der Waals surface area (Å²) < 4.78 is 0. The molecular formula is C14H22N3O2+. The molecule has 0 fully saturated rings. The molecule has 19 heavy (non-hydrogen) atoms. The van der Waals surface area contributed by atoms with Crippen molar-refractivity contribution in [2.75, 3.05) is 0 Å². The highest BCUT2D eigenvalue weighted by Crippen LogP contribution is 2.17. The summed E-state index contributed by atoms with van der Waals surface area (Å²) in [7, 11) is 0. The summed E-state index contributed by atoms with van der Waals surface area (Å²) in [6, 6.07) is 8.98. The average molecular weight is 264 g/mol. The van der Waals surface area contributed by atoms with Crippen LogP contribution < -0.4 is 16.4 Å². The SMILES string of the molecule is CC(C)[C@H]([NH2+][C@@H](C)C(=O)NC(N)=O)c1ccccc1. The van der Waals surface area contributed by atoms with E-state index in [2.05, 4.69) is 19.2 Å². The molecule has 0 bridgehead atoms. The third-order valence-electron chi connectivity index (χ3n) is 3.06. The van der Waals surface area contributed by atoms with Gasteiger partial charge in [-0.1, -0.05) is 44.2 Å². The second-order valence-corrected chi connectivity index (χ2v) is 5.02. The predicted octanol–water partition coefficient (Wildman–Crippen LogP) is 0.531. The number of hydrogen-bond donors (Lipinski definition) is 3. The van der Waals surface area contributed by atoms with Gasteiger partial charge >= 0.3 is 6.03 Å². The highest BCUT2D eigenvalue weighted by molar-refractivity contribution is 5.95. The zero-order chi connectivity index (χ0) is 14.4. The summed E-state index contributed by atoms with van der Waals surface area (Å²) in [5.41, 5.74) is 6.11. The van der Waals surface area contributed by atoms with Crippen LogP contribution in [0.5, 0.6) is 0 Å². The van der Waals surface area contributed by atoms with Crippen LogP contribution in [0.3, 0.4) is 0 Å². The molecule has 0 unspecified atom stereocenters. The Morgan fingerprint density at radius 3 is 2.21 bits per heavy atom. The second-order valence-electron chi connectivity index (χ2n) is 5.02. The quantitative estimate of drug-likeness (QED) is 0.724. The molecule has 0 radical (unpaired) electrons. The fourth-order valence-corrected chi connectivity index (χ4v) is 2.03. The molecule has 1 aromatic rings. The van der Waals surface area contributed by atoms with Crippen LogP contribution in [0.25, 0.3) is 0 Å². The molecule has 0 spiro atoms. The van der Waals surface area contributed by atoms with E-state index in [0.717, 1.165) is 5.56 Å². The number of quaternary nitrogens is 1. The van der Waals surface area contributed by atoms with Crippen LogP contribution >= 0.6 is 0 Å². The van der Waals surface area contributed by atoms with Gasteiger partial charge in [-0.3, -0.25) is 10.1 Å². The van der Waals surface area contributed by atoms with Gasteiger partial charge in [-0.15, -0.1) is 0 Å². The lowest BCUT2D eigenvalue weighted by Gasteiger charge is -2.22. The van der Waals surface area contributed by atoms with Crippen molar-refractivity contribution in [3.63, 3.8) is 0 Å². The molecule has 0 saturated heterocycles. The molecule has 5 N–H and O–H groups in total. The molecule has 0 aliphatic carbocycles. The van der Waals surface area contributed by atoms with E-state index >= 15 is 0 Å². The Morgan fingerprint density at radius 1 is 1.16 bits per heavy atom. The van der Waals surface area contributed by atoms with Crippen molar-refractivity contribution >= 4 is 11.9 Å². The van der Waals surface area contributed by atoms with Crippen LogP contribution in [0, 0.1) is 5.92 Å². The Morgan fingerprint density at radius 2 is 1.74 bits per heavy atom. The molecule has 0 aliphatic heterocycles. The first-order chi connectivity index (χ1) is 8.91. The normalized spacial score (nSPS) is 13.9. The van der Waals surface area contributed by atoms with E-state index in [0.29, 0.717) is 5.92 Å². The lowest BCUT2D eigenvalue weighted by molar-refractivity contribution is -0.719. The Labute approximate surface area is 113 Å². The number of nitrogens with two attached hydrogens (primary N) is 2. The molecule has 0 aliphatic rings. The summed E-state index contributed by atoms with van der Waals surface area (Å²) in [5.74, 6) is 0.000286. The number of hydrogen-bond acceptors (Lipinski definition) is 2. The number of benzene rings is 1. The molecule has 1 aromatic carbocycles. The van der Waals surface area contributed by atoms with Gasteiger partial charge in [0.25, 0.3) is 5.91 Å². The number of amides is 3. The number of primary amides is 1. The monoisotopic (exact) mass is 264 g/mol. The molecule has 0 saturated carbocycles. The van der Waals surface area contributed by atoms with Crippen molar-refractivity contribution in [2.45, 2.75) is 32.9 Å². The number of nitrogens with one attached hydrogen (secondary N) is 1. The summed E-state index contributed by atoms with van der Waals surface area (Å²) >= 11 is 0. The maximum absolute atomic E-state index is 11.7. The Hall–Kier alpha value is -1.88. The van der Waals surface area contributed by atoms with Crippen LogP contribution in [-0.4, -0.2) is 18.0 Å². The molecule has 5 nitrogen and oxygen atoms in total. The minimum absolute atomic E-state index is 0.162. The van der Waals surface area contributed by atoms with Crippen LogP contribution in [0.1, 0.15) is 32.4 Å². The molecule has 0 aromatic heterocycles. The minimum Gasteiger partial charge on any atom is -0.351 e. The molecule has 3 amide bonds. The molecule has 0 heterocycles. The number of rotatable bonds is 5. The largest absolute Gasteiger partial charge is 0.351 e. The summed E-state index contributed by atoms with van der Waals surface area (Å²) in [6.07, 6.45) is 0. The second kappa shape index (κ2) is 6.89. The maximum atomic E-state index is 11.7. The summed E-state index contributed by atoms with van der Waals surface area (Å²) in [5, 5.41) is 4.06. The maximum Gasteiger partial charge on any atom is 0.319 e. The highest BCUT2D eigenvalue weighted by Gasteiger charge is 2.26. The topological polar surface area (TPSA) is 88.8 Å². The average Bonchev–Trinajstić information content (AvgIpc) is 2.35. The van der Waals surface area contributed by atoms with Crippen molar-refractivity contribution < 1.29 is 14.9 Å². The third kappa shape index (κ3) is 4.71. The van der Waals surface area contributed by atoms with Gasteiger partial charge in [-0.25, -0.2) is 4.79 Å². The molecule has 5 heteroatoms. The predicted molar refractivity (Wildman–Crippen MR) is 73.1 cm³/mol. The van der Waals surface area contributed by atoms with E-state index < -0.39 is 6.03 Å². The van der Waals surface area contributed by atoms with Crippen molar-refractivity contribution in [3.8, 4) is 0 Å². The van der Waals surface area contributed by atoms with Gasteiger partial charge in [0.1, 0.15) is 6.04 Å². The van der Waals surface area contributed by atoms with Crippen molar-refractivity contribution in [2.24, 2.45) is 11.7 Å². The fourth-order valence-electron chi connectivity index (χ4n) is 2.03. The molecular weight excluding hydrogens is 242 g/mol. The van der Waals surface area contributed by atoms with E-state index in [-0.39, 0.29) is 18.0 Å². The van der Waals surface area contributed by atoms with Crippen LogP contribution in [0.2, 0.25) is 0 Å². The molecule has 104 valence electrons. The van der Waals surface area contributed by atoms with Gasteiger partial charge in [0.2, 0.25) is 0 Å². The minimum atomic E-state index is -0.814. The zero-order valence-electron chi connectivity index (χ0n) is 11.6. The van der Waals surface area contributed by atoms with Gasteiger partial charge in [0.15, 0.2) is 6.04 Å². The van der Waals surface area contributed by atoms with Gasteiger partial charge < -0.3 is 11.1 Å². The summed E-state index contributed by atoms with van der Waals surface area (Å²) in [6.45, 7) is 5.97. The van der Waals surface area contributed by atoms with E-state index in [4.69, 9.17) is 5.73 Å². The number of imide groups is 1. The fraction of sp³-hybridized carbons (Fsp3) is 0.429. The van der Waals surface area contributed by atoms with Crippen LogP contribution in [-0.2, 0) is 4.79 Å². The van der Waals surface area contributed by atoms with Crippen molar-refractivity contribution in [1.82, 2.24) is 5.32 Å². The van der Waals surface area contributed by atoms with Crippen molar-refractivity contribution in [3.05, 3.63) is 35.9 Å². The first-order valence-corrected chi connectivity index (χ1v) is 6.42. The van der Waals surface area contributed by atoms with Crippen molar-refractivity contribution in [1.29, 1.82) is 0 Å². The zero-order valence-corrected chi connectivity index (χ0v) is 11.6. The third-order valence-corrected chi connectivity index (χ3v) is 3.06. The van der Waals surface area contributed by atoms with Gasteiger partial charge in [-0.05, 0) is 6.92 Å². The molecule has 1 rings (SSSR count). The van der Waals surface area contributed by atoms with Gasteiger partial charge in [0, 0.05) is 11.5 Å². The Kier molecular flexibility index (Phi) is 5.51. The number of carbonyl (C=O) groups is 2. The van der Waals surface area contributed by atoms with Gasteiger partial charge in [0.05, 0.1) is 0 Å². The summed E-state index contributed by atoms with van der Waals surface area (Å²) in [4.78, 5) is 22.4. The Bertz CT molecular complexity index is 432. The standard InChI is InChI=1S/C14H21N3O2/c1-9(2)12(11-7-5-4-6-8-11)16-10(3)13(18)17-14(15)19/h4-10,12,16H,1-3H3,(H3,15,17,18,19)/p+1/t10-,12-/m0/s1. The highest BCUT2D eigenvalue weighted by atomic mass is 16.2. The first kappa shape index (κ1) is 15.2. The van der Waals surface area contributed by atoms with E-state index in [1.165, 1.54) is 0 Å². The first-order valence-electron chi connectivity index (χ1n) is 6.42. The Balaban J connectivity index is 2.75. The lowest BCUT2D eigenvalue weighted by atomic mass is 9.95. The number of carbonyl (C=O) groups excluding carboxylic acids is 2. The number of urea groups is 1. The van der Waals surface area contributed by atoms with Crippen LogP contribution in [0.4, 0.5) is 4.79 Å². The lowest BCUT2D eigenvalue weighted by Crippen LogP contribution is -2.93. The molecule has 2 atom stereocenters. The van der Waals surface area contributed by atoms with E-state index in [1.807, 2.05) is 35.6 Å². The van der Waals surface area contributed by atoms with Crippen LogP contribution in [0.15, 0.2) is 30.3 Å².